The van der Waals surface area contributed by atoms with Gasteiger partial charge in [-0.3, -0.25) is 0 Å². The third kappa shape index (κ3) is 0.562. The van der Waals surface area contributed by atoms with E-state index in [1.54, 1.807) is 0 Å². The molecule has 0 nitrogen and oxygen atoms in total. The highest BCUT2D eigenvalue weighted by Gasteiger charge is 2.13. The highest BCUT2D eigenvalue weighted by Crippen LogP contribution is 2.38. The van der Waals surface area contributed by atoms with E-state index in [1.165, 1.54) is 6.42 Å². The Bertz CT molecular complexity index is 46.0. The van der Waals surface area contributed by atoms with Gasteiger partial charge in [0.25, 0.3) is 0 Å². The van der Waals surface area contributed by atoms with Crippen LogP contribution < -0.4 is 0 Å². The first-order valence-electron chi connectivity index (χ1n) is 2.69. The maximum Gasteiger partial charge on any atom is -0.0676 e. The van der Waals surface area contributed by atoms with Gasteiger partial charge in [0.15, 0.2) is 0 Å². The molecule has 0 bridgehead atoms. The summed E-state index contributed by atoms with van der Waals surface area (Å²) in [5.74, 6) is 1.92. The topological polar surface area (TPSA) is 0 Å². The predicted octanol–water partition coefficient (Wildman–Crippen LogP) is 1.87. The van der Waals surface area contributed by atoms with Gasteiger partial charge in [-0.25, -0.2) is 0 Å². The Morgan fingerprint density at radius 1 is 1.67 bits per heavy atom. The molecule has 0 aromatic heterocycles. The molecular weight excluding hydrogens is 72.1 g/mol. The van der Waals surface area contributed by atoms with Crippen molar-refractivity contribution in [2.75, 3.05) is 0 Å². The molecule has 2 atom stereocenters. The van der Waals surface area contributed by atoms with Gasteiger partial charge in [0, 0.05) is 0 Å². The van der Waals surface area contributed by atoms with Gasteiger partial charge in [-0.1, -0.05) is 20.3 Å². The average molecular weight is 83.2 g/mol. The van der Waals surface area contributed by atoms with Crippen molar-refractivity contribution >= 4 is 0 Å². The maximum absolute atomic E-state index is 2.39. The highest BCUT2D eigenvalue weighted by molar-refractivity contribution is 5.01. The van der Waals surface area contributed by atoms with E-state index in [0.717, 1.165) is 11.8 Å². The standard InChI is InChI=1S/C6H11/c1-3-6-4-5(6)2/h4-6H,3H2,1-2H3/q-1. The van der Waals surface area contributed by atoms with Gasteiger partial charge in [0.1, 0.15) is 0 Å². The van der Waals surface area contributed by atoms with Crippen LogP contribution in [-0.2, 0) is 0 Å². The molecule has 0 radical (unpaired) electrons. The van der Waals surface area contributed by atoms with E-state index >= 15 is 0 Å². The molecule has 0 N–H and O–H groups in total. The normalized spacial score (nSPS) is 43.0. The summed E-state index contributed by atoms with van der Waals surface area (Å²) in [5, 5.41) is 0. The smallest absolute Gasteiger partial charge is 0.0676 e. The van der Waals surface area contributed by atoms with Crippen molar-refractivity contribution < 1.29 is 0 Å². The van der Waals surface area contributed by atoms with Crippen LogP contribution in [0.5, 0.6) is 0 Å². The Morgan fingerprint density at radius 2 is 2.17 bits per heavy atom. The van der Waals surface area contributed by atoms with Crippen LogP contribution in [0.1, 0.15) is 20.3 Å². The number of hydrogen-bond donors (Lipinski definition) is 0. The summed E-state index contributed by atoms with van der Waals surface area (Å²) in [6.07, 6.45) is 3.74. The molecule has 1 aliphatic rings. The molecule has 1 saturated carbocycles. The first-order valence-corrected chi connectivity index (χ1v) is 2.69. The van der Waals surface area contributed by atoms with E-state index in [2.05, 4.69) is 20.3 Å². The predicted molar refractivity (Wildman–Crippen MR) is 27.2 cm³/mol. The van der Waals surface area contributed by atoms with Gasteiger partial charge < -0.3 is 6.42 Å². The Kier molecular flexibility index (Phi) is 0.868. The van der Waals surface area contributed by atoms with Crippen LogP contribution in [-0.4, -0.2) is 0 Å². The molecule has 6 heavy (non-hydrogen) atoms. The Morgan fingerprint density at radius 3 is 2.17 bits per heavy atom. The SMILES string of the molecule is CCC1[CH-]C1C. The zero-order valence-electron chi connectivity index (χ0n) is 4.44. The highest BCUT2D eigenvalue weighted by atomic mass is 14.3. The fourth-order valence-corrected chi connectivity index (χ4v) is 0.834. The van der Waals surface area contributed by atoms with E-state index in [-0.39, 0.29) is 0 Å². The summed E-state index contributed by atoms with van der Waals surface area (Å²) in [5.41, 5.74) is 0. The maximum atomic E-state index is 2.39. The molecule has 0 saturated heterocycles. The minimum atomic E-state index is 0.940. The first-order chi connectivity index (χ1) is 2.84. The van der Waals surface area contributed by atoms with E-state index in [9.17, 15) is 0 Å². The van der Waals surface area contributed by atoms with Crippen LogP contribution in [0, 0.1) is 18.3 Å². The van der Waals surface area contributed by atoms with Gasteiger partial charge in [-0.2, -0.15) is 11.8 Å². The minimum absolute atomic E-state index is 0.940. The van der Waals surface area contributed by atoms with Crippen LogP contribution in [0.4, 0.5) is 0 Å². The largest absolute Gasteiger partial charge is 0.327 e. The molecule has 0 amide bonds. The monoisotopic (exact) mass is 83.1 g/mol. The van der Waals surface area contributed by atoms with Crippen LogP contribution in [0.15, 0.2) is 0 Å². The minimum Gasteiger partial charge on any atom is -0.327 e. The number of hydrogen-bond acceptors (Lipinski definition) is 0. The molecule has 0 aromatic rings. The van der Waals surface area contributed by atoms with Gasteiger partial charge in [-0.15, -0.1) is 0 Å². The lowest BCUT2D eigenvalue weighted by molar-refractivity contribution is 0.727. The fourth-order valence-electron chi connectivity index (χ4n) is 0.834. The van der Waals surface area contributed by atoms with Crippen molar-refractivity contribution in [3.8, 4) is 0 Å². The van der Waals surface area contributed by atoms with Crippen molar-refractivity contribution in [3.05, 3.63) is 6.42 Å². The molecule has 36 valence electrons. The number of rotatable bonds is 1. The first kappa shape index (κ1) is 4.17. The molecule has 0 heteroatoms. The summed E-state index contributed by atoms with van der Waals surface area (Å²) in [4.78, 5) is 0. The van der Waals surface area contributed by atoms with Gasteiger partial charge >= 0.3 is 0 Å². The van der Waals surface area contributed by atoms with Crippen molar-refractivity contribution in [3.63, 3.8) is 0 Å². The lowest BCUT2D eigenvalue weighted by atomic mass is 10.3. The molecule has 0 aliphatic heterocycles. The molecule has 1 aliphatic carbocycles. The van der Waals surface area contributed by atoms with Gasteiger partial charge in [-0.05, 0) is 0 Å². The molecule has 1 fully saturated rings. The van der Waals surface area contributed by atoms with Crippen molar-refractivity contribution in [2.45, 2.75) is 20.3 Å². The summed E-state index contributed by atoms with van der Waals surface area (Å²) in [7, 11) is 0. The van der Waals surface area contributed by atoms with Crippen molar-refractivity contribution in [2.24, 2.45) is 11.8 Å². The van der Waals surface area contributed by atoms with Gasteiger partial charge in [0.05, 0.1) is 0 Å². The van der Waals surface area contributed by atoms with Crippen LogP contribution >= 0.6 is 0 Å². The summed E-state index contributed by atoms with van der Waals surface area (Å²) in [6.45, 7) is 4.51. The zero-order chi connectivity index (χ0) is 4.57. The van der Waals surface area contributed by atoms with E-state index in [4.69, 9.17) is 0 Å². The Hall–Kier alpha value is 0. The lowest BCUT2D eigenvalue weighted by Crippen LogP contribution is -1.68. The van der Waals surface area contributed by atoms with Crippen LogP contribution in [0.2, 0.25) is 0 Å². The Balaban J connectivity index is 2.09. The van der Waals surface area contributed by atoms with E-state index in [1.807, 2.05) is 0 Å². The van der Waals surface area contributed by atoms with Crippen LogP contribution in [0.25, 0.3) is 0 Å². The summed E-state index contributed by atoms with van der Waals surface area (Å²) < 4.78 is 0. The summed E-state index contributed by atoms with van der Waals surface area (Å²) in [6, 6.07) is 0. The second kappa shape index (κ2) is 1.25. The second-order valence-corrected chi connectivity index (χ2v) is 2.12. The molecular formula is C6H11-. The summed E-state index contributed by atoms with van der Waals surface area (Å²) >= 11 is 0. The molecule has 0 aromatic carbocycles. The van der Waals surface area contributed by atoms with Crippen molar-refractivity contribution in [1.82, 2.24) is 0 Å². The van der Waals surface area contributed by atoms with E-state index in [0.29, 0.717) is 0 Å². The van der Waals surface area contributed by atoms with E-state index < -0.39 is 0 Å². The van der Waals surface area contributed by atoms with Crippen LogP contribution in [0.3, 0.4) is 0 Å². The molecule has 0 heterocycles. The Labute approximate surface area is 39.6 Å². The zero-order valence-corrected chi connectivity index (χ0v) is 4.44. The third-order valence-electron chi connectivity index (χ3n) is 1.56. The second-order valence-electron chi connectivity index (χ2n) is 2.12. The average Bonchev–Trinajstić information content (AvgIpc) is 2.19. The fraction of sp³-hybridized carbons (Fsp3) is 0.833. The quantitative estimate of drug-likeness (QED) is 0.424. The lowest BCUT2D eigenvalue weighted by Gasteiger charge is -1.89. The molecule has 0 spiro atoms. The van der Waals surface area contributed by atoms with Crippen molar-refractivity contribution in [1.29, 1.82) is 0 Å². The molecule has 2 unspecified atom stereocenters. The van der Waals surface area contributed by atoms with Gasteiger partial charge in [0.2, 0.25) is 0 Å². The molecule has 1 rings (SSSR count). The third-order valence-corrected chi connectivity index (χ3v) is 1.56.